The Balaban J connectivity index is 1.71. The molecule has 1 aliphatic rings. The molecule has 2 aromatic heterocycles. The zero-order valence-electron chi connectivity index (χ0n) is 14.3. The molecule has 0 bridgehead atoms. The molecule has 0 amide bonds. The van der Waals surface area contributed by atoms with Crippen LogP contribution in [0.2, 0.25) is 0 Å². The highest BCUT2D eigenvalue weighted by molar-refractivity contribution is 7.20. The Morgan fingerprint density at radius 2 is 2.16 bits per heavy atom. The zero-order chi connectivity index (χ0) is 17.9. The maximum Gasteiger partial charge on any atom is 0.275 e. The summed E-state index contributed by atoms with van der Waals surface area (Å²) in [5, 5.41) is 24.4. The quantitative estimate of drug-likeness (QED) is 0.684. The fraction of sp³-hybridized carbons (Fsp3) is 0.688. The van der Waals surface area contributed by atoms with E-state index in [-0.39, 0.29) is 25.4 Å². The Morgan fingerprint density at radius 1 is 1.40 bits per heavy atom. The van der Waals surface area contributed by atoms with E-state index >= 15 is 0 Å². The van der Waals surface area contributed by atoms with Gasteiger partial charge in [0.25, 0.3) is 5.56 Å². The number of anilines is 1. The molecule has 8 nitrogen and oxygen atoms in total. The van der Waals surface area contributed by atoms with Crippen molar-refractivity contribution in [3.05, 3.63) is 22.1 Å². The van der Waals surface area contributed by atoms with Gasteiger partial charge in [0.05, 0.1) is 25.4 Å². The second-order valence-electron chi connectivity index (χ2n) is 6.40. The lowest BCUT2D eigenvalue weighted by Gasteiger charge is -2.37. The van der Waals surface area contributed by atoms with Crippen molar-refractivity contribution in [3.8, 4) is 0 Å². The first-order valence-corrected chi connectivity index (χ1v) is 9.42. The minimum absolute atomic E-state index is 0.0460. The molecule has 2 aromatic rings. The van der Waals surface area contributed by atoms with E-state index in [1.165, 1.54) is 15.9 Å². The lowest BCUT2D eigenvalue weighted by atomic mass is 9.92. The van der Waals surface area contributed by atoms with Crippen LogP contribution in [0.1, 0.15) is 31.9 Å². The number of hydrogen-bond donors (Lipinski definition) is 2. The van der Waals surface area contributed by atoms with Crippen molar-refractivity contribution in [2.24, 2.45) is 0 Å². The number of aliphatic hydroxyl groups excluding tert-OH is 1. The van der Waals surface area contributed by atoms with Gasteiger partial charge in [0.15, 0.2) is 0 Å². The van der Waals surface area contributed by atoms with Crippen LogP contribution in [0, 0.1) is 0 Å². The molecule has 0 radical (unpaired) electrons. The van der Waals surface area contributed by atoms with Crippen molar-refractivity contribution < 1.29 is 14.9 Å². The first-order chi connectivity index (χ1) is 12.0. The van der Waals surface area contributed by atoms with Crippen LogP contribution in [0.5, 0.6) is 0 Å². The first kappa shape index (κ1) is 18.2. The molecule has 0 atom stereocenters. The molecule has 0 unspecified atom stereocenters. The van der Waals surface area contributed by atoms with Gasteiger partial charge in [-0.25, -0.2) is 4.98 Å². The molecule has 0 aromatic carbocycles. The van der Waals surface area contributed by atoms with E-state index in [1.54, 1.807) is 6.07 Å². The van der Waals surface area contributed by atoms with E-state index in [1.807, 2.05) is 0 Å². The molecule has 0 saturated carbocycles. The van der Waals surface area contributed by atoms with E-state index in [0.717, 1.165) is 23.7 Å². The highest BCUT2D eigenvalue weighted by Gasteiger charge is 2.33. The first-order valence-electron chi connectivity index (χ1n) is 8.60. The molecule has 25 heavy (non-hydrogen) atoms. The van der Waals surface area contributed by atoms with Crippen molar-refractivity contribution in [1.82, 2.24) is 14.6 Å². The fourth-order valence-electron chi connectivity index (χ4n) is 2.94. The van der Waals surface area contributed by atoms with Crippen LogP contribution in [-0.4, -0.2) is 63.3 Å². The van der Waals surface area contributed by atoms with E-state index in [9.17, 15) is 9.90 Å². The summed E-state index contributed by atoms with van der Waals surface area (Å²) in [7, 11) is 0. The van der Waals surface area contributed by atoms with Crippen LogP contribution < -0.4 is 10.5 Å². The molecule has 0 aliphatic carbocycles. The largest absolute Gasteiger partial charge is 0.394 e. The van der Waals surface area contributed by atoms with Crippen LogP contribution in [0.15, 0.2) is 10.9 Å². The highest BCUT2D eigenvalue weighted by Crippen LogP contribution is 2.29. The number of aliphatic hydroxyl groups is 2. The number of rotatable bonds is 7. The van der Waals surface area contributed by atoms with Crippen LogP contribution in [0.25, 0.3) is 4.96 Å². The van der Waals surface area contributed by atoms with Crippen molar-refractivity contribution in [2.75, 3.05) is 37.8 Å². The number of hydrogen-bond acceptors (Lipinski definition) is 8. The predicted octanol–water partition coefficient (Wildman–Crippen LogP) is 0.444. The summed E-state index contributed by atoms with van der Waals surface area (Å²) in [6.07, 6.45) is 2.83. The number of nitrogens with zero attached hydrogens (tertiary/aromatic N) is 4. The summed E-state index contributed by atoms with van der Waals surface area (Å²) in [6, 6.07) is 1.55. The summed E-state index contributed by atoms with van der Waals surface area (Å²) < 4.78 is 6.63. The normalized spacial score (nSPS) is 17.3. The van der Waals surface area contributed by atoms with Crippen LogP contribution in [0.4, 0.5) is 5.13 Å². The van der Waals surface area contributed by atoms with E-state index in [0.29, 0.717) is 30.9 Å². The van der Waals surface area contributed by atoms with Gasteiger partial charge in [-0.2, -0.15) is 4.52 Å². The zero-order valence-corrected chi connectivity index (χ0v) is 15.2. The third-order valence-electron chi connectivity index (χ3n) is 4.36. The minimum Gasteiger partial charge on any atom is -0.394 e. The Kier molecular flexibility index (Phi) is 5.67. The van der Waals surface area contributed by atoms with Gasteiger partial charge in [0.1, 0.15) is 0 Å². The summed E-state index contributed by atoms with van der Waals surface area (Å²) >= 11 is 1.40. The van der Waals surface area contributed by atoms with E-state index in [2.05, 4.69) is 21.9 Å². The maximum absolute atomic E-state index is 12.2. The highest BCUT2D eigenvalue weighted by atomic mass is 32.1. The molecule has 1 saturated heterocycles. The minimum atomic E-state index is -0.869. The Hall–Kier alpha value is -1.55. The summed E-state index contributed by atoms with van der Waals surface area (Å²) in [6.45, 7) is 3.74. The summed E-state index contributed by atoms with van der Waals surface area (Å²) in [5.74, 6) is 0. The molecule has 9 heteroatoms. The predicted molar refractivity (Wildman–Crippen MR) is 95.4 cm³/mol. The van der Waals surface area contributed by atoms with Gasteiger partial charge in [0, 0.05) is 24.8 Å². The third kappa shape index (κ3) is 4.17. The van der Waals surface area contributed by atoms with Crippen molar-refractivity contribution in [2.45, 2.75) is 38.2 Å². The molecule has 138 valence electrons. The van der Waals surface area contributed by atoms with Crippen LogP contribution in [-0.2, 0) is 11.2 Å². The van der Waals surface area contributed by atoms with Gasteiger partial charge in [-0.05, 0) is 19.3 Å². The van der Waals surface area contributed by atoms with E-state index in [4.69, 9.17) is 9.84 Å². The number of aromatic nitrogens is 3. The molecule has 3 heterocycles. The fourth-order valence-corrected chi connectivity index (χ4v) is 3.92. The molecule has 1 aliphatic heterocycles. The van der Waals surface area contributed by atoms with Crippen LogP contribution >= 0.6 is 11.3 Å². The van der Waals surface area contributed by atoms with Crippen molar-refractivity contribution >= 4 is 21.4 Å². The van der Waals surface area contributed by atoms with Gasteiger partial charge in [-0.1, -0.05) is 24.7 Å². The topological polar surface area (TPSA) is 100 Å². The molecule has 2 N–H and O–H groups in total. The Morgan fingerprint density at radius 3 is 2.84 bits per heavy atom. The van der Waals surface area contributed by atoms with Crippen LogP contribution in [0.3, 0.4) is 0 Å². The Bertz CT molecular complexity index is 767. The monoisotopic (exact) mass is 368 g/mol. The molecular formula is C16H24N4O4S. The maximum atomic E-state index is 12.2. The molecular weight excluding hydrogens is 344 g/mol. The van der Waals surface area contributed by atoms with Gasteiger partial charge in [0.2, 0.25) is 10.1 Å². The number of fused-ring (bicyclic) bond motifs is 1. The van der Waals surface area contributed by atoms with Crippen molar-refractivity contribution in [3.63, 3.8) is 0 Å². The van der Waals surface area contributed by atoms with Gasteiger partial charge < -0.3 is 19.8 Å². The number of piperidine rings is 1. The summed E-state index contributed by atoms with van der Waals surface area (Å²) in [4.78, 5) is 19.4. The smallest absolute Gasteiger partial charge is 0.275 e. The lowest BCUT2D eigenvalue weighted by Crippen LogP contribution is -2.47. The van der Waals surface area contributed by atoms with E-state index < -0.39 is 5.60 Å². The average molecular weight is 368 g/mol. The SMILES string of the molecule is CCCc1cc(=O)n2nc(N3CCC(O)(COCCO)CC3)sc2n1. The molecule has 0 spiro atoms. The average Bonchev–Trinajstić information content (AvgIpc) is 3.01. The van der Waals surface area contributed by atoms with Gasteiger partial charge in [-0.15, -0.1) is 5.10 Å². The standard InChI is InChI=1S/C16H24N4O4S/c1-2-3-12-10-13(22)20-14(17-12)25-15(18-20)19-6-4-16(23,5-7-19)11-24-9-8-21/h10,21,23H,2-9,11H2,1H3. The third-order valence-corrected chi connectivity index (χ3v) is 5.33. The lowest BCUT2D eigenvalue weighted by molar-refractivity contribution is -0.0658. The van der Waals surface area contributed by atoms with Crippen molar-refractivity contribution in [1.29, 1.82) is 0 Å². The Labute approximate surface area is 149 Å². The number of ether oxygens (including phenoxy) is 1. The summed E-state index contributed by atoms with van der Waals surface area (Å²) in [5.41, 5.74) is -0.218. The van der Waals surface area contributed by atoms with Gasteiger partial charge >= 0.3 is 0 Å². The second-order valence-corrected chi connectivity index (χ2v) is 7.34. The molecule has 1 fully saturated rings. The number of aryl methyl sites for hydroxylation is 1. The van der Waals surface area contributed by atoms with Gasteiger partial charge in [-0.3, -0.25) is 4.79 Å². The molecule has 3 rings (SSSR count). The second kappa shape index (κ2) is 7.77.